The van der Waals surface area contributed by atoms with Gasteiger partial charge in [-0.15, -0.1) is 0 Å². The number of hydrogen-bond donors (Lipinski definition) is 1. The summed E-state index contributed by atoms with van der Waals surface area (Å²) < 4.78 is 0. The number of rotatable bonds is 3. The maximum absolute atomic E-state index is 8.81. The summed E-state index contributed by atoms with van der Waals surface area (Å²) >= 11 is 0. The Morgan fingerprint density at radius 3 is 2.94 bits per heavy atom. The predicted octanol–water partition coefficient (Wildman–Crippen LogP) is 0.784. The second-order valence-corrected chi connectivity index (χ2v) is 4.34. The summed E-state index contributed by atoms with van der Waals surface area (Å²) in [4.78, 5) is 10.6. The van der Waals surface area contributed by atoms with Crippen LogP contribution in [0.4, 0.5) is 5.95 Å². The standard InChI is InChI=1S/C12H17N5/c1-14-9-10-3-6-17(7-4-10)12-15-5-2-11(8-13)16-12/h2,5,10,14H,3-4,6-7,9H2,1H3. The molecule has 1 aromatic rings. The average molecular weight is 231 g/mol. The molecule has 2 heterocycles. The number of nitriles is 1. The fraction of sp³-hybridized carbons (Fsp3) is 0.583. The molecule has 2 rings (SSSR count). The molecule has 5 nitrogen and oxygen atoms in total. The molecule has 0 unspecified atom stereocenters. The Bertz CT molecular complexity index is 404. The number of nitrogens with zero attached hydrogens (tertiary/aromatic N) is 4. The molecular formula is C12H17N5. The maximum Gasteiger partial charge on any atom is 0.226 e. The molecule has 0 saturated carbocycles. The molecule has 5 heteroatoms. The summed E-state index contributed by atoms with van der Waals surface area (Å²) in [7, 11) is 1.99. The van der Waals surface area contributed by atoms with Gasteiger partial charge in [-0.2, -0.15) is 5.26 Å². The molecule has 0 atom stereocenters. The minimum atomic E-state index is 0.437. The highest BCUT2D eigenvalue weighted by Gasteiger charge is 2.20. The lowest BCUT2D eigenvalue weighted by Gasteiger charge is -2.31. The highest BCUT2D eigenvalue weighted by molar-refractivity contribution is 5.34. The van der Waals surface area contributed by atoms with Gasteiger partial charge in [0.15, 0.2) is 0 Å². The van der Waals surface area contributed by atoms with E-state index in [4.69, 9.17) is 5.26 Å². The molecule has 1 aliphatic rings. The van der Waals surface area contributed by atoms with Crippen LogP contribution in [-0.2, 0) is 0 Å². The van der Waals surface area contributed by atoms with Gasteiger partial charge < -0.3 is 10.2 Å². The first-order chi connectivity index (χ1) is 8.33. The lowest BCUT2D eigenvalue weighted by atomic mass is 9.97. The van der Waals surface area contributed by atoms with Crippen LogP contribution < -0.4 is 10.2 Å². The SMILES string of the molecule is CNCC1CCN(c2nccc(C#N)n2)CC1. The first-order valence-corrected chi connectivity index (χ1v) is 5.96. The van der Waals surface area contributed by atoms with Gasteiger partial charge >= 0.3 is 0 Å². The molecule has 90 valence electrons. The van der Waals surface area contributed by atoms with Crippen LogP contribution in [0.5, 0.6) is 0 Å². The van der Waals surface area contributed by atoms with E-state index in [9.17, 15) is 0 Å². The minimum Gasteiger partial charge on any atom is -0.341 e. The molecule has 0 bridgehead atoms. The van der Waals surface area contributed by atoms with Crippen molar-refractivity contribution in [1.29, 1.82) is 5.26 Å². The van der Waals surface area contributed by atoms with Gasteiger partial charge in [-0.3, -0.25) is 0 Å². The van der Waals surface area contributed by atoms with E-state index >= 15 is 0 Å². The van der Waals surface area contributed by atoms with Crippen LogP contribution in [0.3, 0.4) is 0 Å². The van der Waals surface area contributed by atoms with Gasteiger partial charge in [0, 0.05) is 19.3 Å². The molecule has 1 N–H and O–H groups in total. The lowest BCUT2D eigenvalue weighted by molar-refractivity contribution is 0.391. The molecule has 1 saturated heterocycles. The Morgan fingerprint density at radius 2 is 2.29 bits per heavy atom. The van der Waals surface area contributed by atoms with Crippen molar-refractivity contribution in [3.05, 3.63) is 18.0 Å². The van der Waals surface area contributed by atoms with Crippen LogP contribution in [0.25, 0.3) is 0 Å². The quantitative estimate of drug-likeness (QED) is 0.833. The largest absolute Gasteiger partial charge is 0.341 e. The topological polar surface area (TPSA) is 64.8 Å². The zero-order valence-corrected chi connectivity index (χ0v) is 10.1. The van der Waals surface area contributed by atoms with Gasteiger partial charge in [0.1, 0.15) is 11.8 Å². The maximum atomic E-state index is 8.81. The van der Waals surface area contributed by atoms with E-state index in [0.717, 1.165) is 38.4 Å². The average Bonchev–Trinajstić information content (AvgIpc) is 2.40. The normalized spacial score (nSPS) is 16.8. The van der Waals surface area contributed by atoms with Crippen molar-refractivity contribution < 1.29 is 0 Å². The third kappa shape index (κ3) is 2.92. The Hall–Kier alpha value is -1.67. The summed E-state index contributed by atoms with van der Waals surface area (Å²) in [6.07, 6.45) is 3.96. The van der Waals surface area contributed by atoms with E-state index in [-0.39, 0.29) is 0 Å². The zero-order chi connectivity index (χ0) is 12.1. The second kappa shape index (κ2) is 5.60. The van der Waals surface area contributed by atoms with E-state index in [1.165, 1.54) is 0 Å². The molecule has 1 aromatic heterocycles. The summed E-state index contributed by atoms with van der Waals surface area (Å²) in [5.41, 5.74) is 0.437. The molecule has 0 radical (unpaired) electrons. The monoisotopic (exact) mass is 231 g/mol. The first kappa shape index (κ1) is 11.8. The zero-order valence-electron chi connectivity index (χ0n) is 10.1. The van der Waals surface area contributed by atoms with Crippen LogP contribution in [-0.4, -0.2) is 36.6 Å². The number of nitrogens with one attached hydrogen (secondary N) is 1. The van der Waals surface area contributed by atoms with Crippen molar-refractivity contribution in [2.75, 3.05) is 31.6 Å². The predicted molar refractivity (Wildman–Crippen MR) is 65.6 cm³/mol. The van der Waals surface area contributed by atoms with Crippen LogP contribution in [0.1, 0.15) is 18.5 Å². The van der Waals surface area contributed by atoms with E-state index < -0.39 is 0 Å². The van der Waals surface area contributed by atoms with Crippen molar-refractivity contribution in [3.8, 4) is 6.07 Å². The number of hydrogen-bond acceptors (Lipinski definition) is 5. The molecule has 1 fully saturated rings. The van der Waals surface area contributed by atoms with Gasteiger partial charge in [-0.25, -0.2) is 9.97 Å². The Balaban J connectivity index is 1.98. The molecule has 0 aliphatic carbocycles. The van der Waals surface area contributed by atoms with Crippen molar-refractivity contribution in [2.45, 2.75) is 12.8 Å². The number of aromatic nitrogens is 2. The van der Waals surface area contributed by atoms with Gasteiger partial charge in [0.05, 0.1) is 0 Å². The lowest BCUT2D eigenvalue weighted by Crippen LogP contribution is -2.37. The van der Waals surface area contributed by atoms with E-state index in [0.29, 0.717) is 11.6 Å². The van der Waals surface area contributed by atoms with Gasteiger partial charge in [-0.1, -0.05) is 0 Å². The smallest absolute Gasteiger partial charge is 0.226 e. The van der Waals surface area contributed by atoms with Crippen molar-refractivity contribution in [1.82, 2.24) is 15.3 Å². The number of anilines is 1. The molecule has 0 amide bonds. The summed E-state index contributed by atoms with van der Waals surface area (Å²) in [6.45, 7) is 3.02. The van der Waals surface area contributed by atoms with Gasteiger partial charge in [-0.05, 0) is 38.4 Å². The molecule has 0 spiro atoms. The summed E-state index contributed by atoms with van der Waals surface area (Å²) in [5, 5.41) is 12.0. The number of piperidine rings is 1. The first-order valence-electron chi connectivity index (χ1n) is 5.96. The molecule has 17 heavy (non-hydrogen) atoms. The Kier molecular flexibility index (Phi) is 3.89. The second-order valence-electron chi connectivity index (χ2n) is 4.34. The van der Waals surface area contributed by atoms with E-state index in [1.807, 2.05) is 13.1 Å². The Morgan fingerprint density at radius 1 is 1.53 bits per heavy atom. The fourth-order valence-corrected chi connectivity index (χ4v) is 2.19. The highest BCUT2D eigenvalue weighted by Crippen LogP contribution is 2.19. The molecular weight excluding hydrogens is 214 g/mol. The third-order valence-corrected chi connectivity index (χ3v) is 3.15. The van der Waals surface area contributed by atoms with Crippen LogP contribution in [0.15, 0.2) is 12.3 Å². The van der Waals surface area contributed by atoms with Crippen molar-refractivity contribution in [2.24, 2.45) is 5.92 Å². The van der Waals surface area contributed by atoms with Gasteiger partial charge in [0.2, 0.25) is 5.95 Å². The molecule has 1 aliphatic heterocycles. The van der Waals surface area contributed by atoms with Crippen molar-refractivity contribution in [3.63, 3.8) is 0 Å². The third-order valence-electron chi connectivity index (χ3n) is 3.15. The minimum absolute atomic E-state index is 0.437. The van der Waals surface area contributed by atoms with Crippen LogP contribution >= 0.6 is 0 Å². The van der Waals surface area contributed by atoms with E-state index in [2.05, 4.69) is 20.2 Å². The van der Waals surface area contributed by atoms with Crippen molar-refractivity contribution >= 4 is 5.95 Å². The highest BCUT2D eigenvalue weighted by atomic mass is 15.2. The fourth-order valence-electron chi connectivity index (χ4n) is 2.19. The Labute approximate surface area is 101 Å². The molecule has 0 aromatic carbocycles. The summed E-state index contributed by atoms with van der Waals surface area (Å²) in [5.74, 6) is 1.43. The van der Waals surface area contributed by atoms with Crippen LogP contribution in [0.2, 0.25) is 0 Å². The van der Waals surface area contributed by atoms with E-state index in [1.54, 1.807) is 12.3 Å². The summed E-state index contributed by atoms with van der Waals surface area (Å²) in [6, 6.07) is 3.68. The van der Waals surface area contributed by atoms with Crippen LogP contribution in [0, 0.1) is 17.2 Å². The van der Waals surface area contributed by atoms with Gasteiger partial charge in [0.25, 0.3) is 0 Å².